The fourth-order valence-corrected chi connectivity index (χ4v) is 9.38. The minimum absolute atomic E-state index is 0.757. The molecule has 2 aromatic heterocycles. The summed E-state index contributed by atoms with van der Waals surface area (Å²) in [5, 5.41) is 0. The van der Waals surface area contributed by atoms with Crippen LogP contribution >= 0.6 is 0 Å². The van der Waals surface area contributed by atoms with Crippen LogP contribution in [0.1, 0.15) is 276 Å². The van der Waals surface area contributed by atoms with Crippen molar-refractivity contribution in [3.8, 4) is 34.3 Å². The molecule has 0 saturated carbocycles. The lowest BCUT2D eigenvalue weighted by molar-refractivity contribution is 0.302. The lowest BCUT2D eigenvalue weighted by atomic mass is 10.0. The normalized spacial score (nSPS) is 11.2. The third-order valence-electron chi connectivity index (χ3n) is 14.1. The number of aromatic nitrogens is 4. The molecule has 0 aliphatic rings. The lowest BCUT2D eigenvalue weighted by Crippen LogP contribution is -1.99. The van der Waals surface area contributed by atoms with Gasteiger partial charge in [-0.3, -0.25) is 0 Å². The van der Waals surface area contributed by atoms with Crippen molar-refractivity contribution in [2.24, 2.45) is 0 Å². The second-order valence-corrected chi connectivity index (χ2v) is 20.7. The summed E-state index contributed by atoms with van der Waals surface area (Å²) in [6.45, 7) is 10.6. The minimum Gasteiger partial charge on any atom is -0.490 e. The highest BCUT2D eigenvalue weighted by Gasteiger charge is 2.06. The zero-order valence-electron chi connectivity index (χ0n) is 46.5. The van der Waals surface area contributed by atoms with Gasteiger partial charge in [0.2, 0.25) is 0 Å². The summed E-state index contributed by atoms with van der Waals surface area (Å²) in [5.41, 5.74) is 4.96. The maximum atomic E-state index is 5.87. The fourth-order valence-electron chi connectivity index (χ4n) is 9.38. The highest BCUT2D eigenvalue weighted by molar-refractivity contribution is 5.56. The molecule has 71 heavy (non-hydrogen) atoms. The van der Waals surface area contributed by atoms with Gasteiger partial charge in [-0.1, -0.05) is 288 Å². The summed E-state index contributed by atoms with van der Waals surface area (Å²) in [6, 6.07) is 17.5. The van der Waals surface area contributed by atoms with E-state index in [1.807, 2.05) is 24.8 Å². The molecule has 0 amide bonds. The first-order chi connectivity index (χ1) is 35.2. The number of benzene rings is 2. The third kappa shape index (κ3) is 32.8. The Labute approximate surface area is 437 Å². The maximum Gasteiger partial charge on any atom is 0.159 e. The lowest BCUT2D eigenvalue weighted by Gasteiger charge is -2.07. The molecular formula is C65H106N4O2. The molecule has 2 aromatic carbocycles. The standard InChI is InChI=1S/C33H54N2O.C32H52N2O/c1-3-5-7-9-11-12-13-14-15-16-17-19-21-27-36-32-28-34-33(35-29-32)31-25-23-30(24-26-31)22-20-18-10-8-6-4-2;1-3-5-7-9-10-11-12-13-14-15-16-18-20-26-35-31-27-33-32(34-28-31)30-24-22-29(23-25-30)21-19-17-8-6-4-2/h23-26,28-29H,3-22,27H2,1-2H3;22-25,27-28H,3-21,26H2,1-2H3. The Bertz CT molecular complexity index is 1730. The Kier molecular flexibility index (Phi) is 38.9. The Hall–Kier alpha value is -3.80. The number of rotatable bonds is 45. The Morgan fingerprint density at radius 2 is 0.493 bits per heavy atom. The predicted octanol–water partition coefficient (Wildman–Crippen LogP) is 20.6. The van der Waals surface area contributed by atoms with Gasteiger partial charge in [0.1, 0.15) is 0 Å². The minimum atomic E-state index is 0.757. The molecule has 0 fully saturated rings. The topological polar surface area (TPSA) is 70.0 Å². The van der Waals surface area contributed by atoms with Crippen molar-refractivity contribution in [3.05, 3.63) is 84.4 Å². The molecule has 4 aromatic rings. The summed E-state index contributed by atoms with van der Waals surface area (Å²) < 4.78 is 11.7. The van der Waals surface area contributed by atoms with E-state index in [0.29, 0.717) is 0 Å². The third-order valence-corrected chi connectivity index (χ3v) is 14.1. The van der Waals surface area contributed by atoms with Crippen molar-refractivity contribution >= 4 is 0 Å². The van der Waals surface area contributed by atoms with E-state index in [2.05, 4.69) is 96.2 Å². The predicted molar refractivity (Wildman–Crippen MR) is 307 cm³/mol. The van der Waals surface area contributed by atoms with E-state index in [-0.39, 0.29) is 0 Å². The second kappa shape index (κ2) is 44.9. The molecule has 0 aliphatic heterocycles. The van der Waals surface area contributed by atoms with Crippen LogP contribution in [0.4, 0.5) is 0 Å². The van der Waals surface area contributed by atoms with Crippen LogP contribution < -0.4 is 9.47 Å². The molecule has 398 valence electrons. The molecular weight excluding hydrogens is 869 g/mol. The Morgan fingerprint density at radius 3 is 0.746 bits per heavy atom. The zero-order valence-corrected chi connectivity index (χ0v) is 46.5. The molecule has 6 heteroatoms. The second-order valence-electron chi connectivity index (χ2n) is 20.7. The first-order valence-corrected chi connectivity index (χ1v) is 30.2. The number of aryl methyl sites for hydroxylation is 2. The molecule has 0 aliphatic carbocycles. The molecule has 2 heterocycles. The van der Waals surface area contributed by atoms with Crippen molar-refractivity contribution in [2.75, 3.05) is 13.2 Å². The molecule has 0 radical (unpaired) electrons. The molecule has 0 bridgehead atoms. The van der Waals surface area contributed by atoms with E-state index >= 15 is 0 Å². The monoisotopic (exact) mass is 975 g/mol. The summed E-state index contributed by atoms with van der Waals surface area (Å²) in [4.78, 5) is 18.1. The van der Waals surface area contributed by atoms with Gasteiger partial charge in [0, 0.05) is 11.1 Å². The van der Waals surface area contributed by atoms with Crippen LogP contribution in [0.2, 0.25) is 0 Å². The molecule has 6 nitrogen and oxygen atoms in total. The molecule has 0 unspecified atom stereocenters. The van der Waals surface area contributed by atoms with E-state index in [4.69, 9.17) is 9.47 Å². The van der Waals surface area contributed by atoms with E-state index in [1.165, 1.54) is 242 Å². The van der Waals surface area contributed by atoms with Gasteiger partial charge in [0.05, 0.1) is 38.0 Å². The molecule has 4 rings (SSSR count). The molecule has 0 saturated heterocycles. The van der Waals surface area contributed by atoms with Crippen LogP contribution in [0, 0.1) is 0 Å². The van der Waals surface area contributed by atoms with E-state index in [1.54, 1.807) is 0 Å². The van der Waals surface area contributed by atoms with Gasteiger partial charge < -0.3 is 9.47 Å². The van der Waals surface area contributed by atoms with Crippen molar-refractivity contribution < 1.29 is 9.47 Å². The van der Waals surface area contributed by atoms with Crippen molar-refractivity contribution in [2.45, 2.75) is 278 Å². The van der Waals surface area contributed by atoms with Crippen LogP contribution in [-0.2, 0) is 12.8 Å². The van der Waals surface area contributed by atoms with Crippen molar-refractivity contribution in [1.82, 2.24) is 19.9 Å². The van der Waals surface area contributed by atoms with Gasteiger partial charge in [-0.25, -0.2) is 19.9 Å². The van der Waals surface area contributed by atoms with Crippen LogP contribution in [0.5, 0.6) is 11.5 Å². The number of hydrogen-bond donors (Lipinski definition) is 0. The van der Waals surface area contributed by atoms with Crippen LogP contribution in [0.15, 0.2) is 73.3 Å². The van der Waals surface area contributed by atoms with E-state index < -0.39 is 0 Å². The van der Waals surface area contributed by atoms with Crippen LogP contribution in [0.25, 0.3) is 22.8 Å². The molecule has 0 atom stereocenters. The average Bonchev–Trinajstić information content (AvgIpc) is 3.40. The summed E-state index contributed by atoms with van der Waals surface area (Å²) in [6.07, 6.45) is 59.8. The van der Waals surface area contributed by atoms with Gasteiger partial charge in [0.15, 0.2) is 23.1 Å². The Morgan fingerprint density at radius 1 is 0.268 bits per heavy atom. The van der Waals surface area contributed by atoms with Gasteiger partial charge in [-0.05, 0) is 49.7 Å². The number of ether oxygens (including phenoxy) is 2. The first-order valence-electron chi connectivity index (χ1n) is 30.2. The van der Waals surface area contributed by atoms with E-state index in [9.17, 15) is 0 Å². The number of nitrogens with zero attached hydrogens (tertiary/aromatic N) is 4. The highest BCUT2D eigenvalue weighted by Crippen LogP contribution is 2.22. The average molecular weight is 976 g/mol. The quantitative estimate of drug-likeness (QED) is 0.0411. The summed E-state index contributed by atoms with van der Waals surface area (Å²) >= 11 is 0. The van der Waals surface area contributed by atoms with Crippen LogP contribution in [-0.4, -0.2) is 33.1 Å². The number of unbranched alkanes of at least 4 members (excludes halogenated alkanes) is 33. The maximum absolute atomic E-state index is 5.87. The number of hydrogen-bond acceptors (Lipinski definition) is 6. The highest BCUT2D eigenvalue weighted by atomic mass is 16.5. The zero-order chi connectivity index (χ0) is 50.3. The SMILES string of the molecule is CCCCCCCCCCCCCCCOc1cnc(-c2ccc(CCCCCCC)cc2)nc1.CCCCCCCCCCCCCCCOc1cnc(-c2ccc(CCCCCCCC)cc2)nc1. The van der Waals surface area contributed by atoms with Gasteiger partial charge in [-0.15, -0.1) is 0 Å². The molecule has 0 spiro atoms. The largest absolute Gasteiger partial charge is 0.490 e. The Balaban J connectivity index is 0.000000375. The van der Waals surface area contributed by atoms with Gasteiger partial charge in [0.25, 0.3) is 0 Å². The summed E-state index contributed by atoms with van der Waals surface area (Å²) in [5.74, 6) is 3.09. The fraction of sp³-hybridized carbons (Fsp3) is 0.692. The van der Waals surface area contributed by atoms with Crippen molar-refractivity contribution in [1.29, 1.82) is 0 Å². The smallest absolute Gasteiger partial charge is 0.159 e. The first kappa shape index (κ1) is 61.5. The van der Waals surface area contributed by atoms with Crippen molar-refractivity contribution in [3.63, 3.8) is 0 Å². The summed E-state index contributed by atoms with van der Waals surface area (Å²) in [7, 11) is 0. The van der Waals surface area contributed by atoms with Crippen LogP contribution in [0.3, 0.4) is 0 Å². The van der Waals surface area contributed by atoms with Gasteiger partial charge in [-0.2, -0.15) is 0 Å². The van der Waals surface area contributed by atoms with Gasteiger partial charge >= 0.3 is 0 Å². The van der Waals surface area contributed by atoms with E-state index in [0.717, 1.165) is 66.8 Å². The molecule has 0 N–H and O–H groups in total.